The van der Waals surface area contributed by atoms with Gasteiger partial charge in [0.05, 0.1) is 6.61 Å². The Morgan fingerprint density at radius 3 is 2.43 bits per heavy atom. The Labute approximate surface area is 85.2 Å². The van der Waals surface area contributed by atoms with E-state index in [2.05, 4.69) is 17.0 Å². The first-order chi connectivity index (χ1) is 6.86. The number of nitrogens with two attached hydrogens (primary N) is 1. The molecule has 0 amide bonds. The van der Waals surface area contributed by atoms with Crippen LogP contribution in [0.4, 0.5) is 0 Å². The molecule has 1 aromatic rings. The van der Waals surface area contributed by atoms with Crippen molar-refractivity contribution < 1.29 is 5.11 Å². The summed E-state index contributed by atoms with van der Waals surface area (Å²) in [5, 5.41) is 8.86. The highest BCUT2D eigenvalue weighted by Gasteiger charge is 2.03. The Balaban J connectivity index is 2.46. The third-order valence-electron chi connectivity index (χ3n) is 2.11. The number of hydrogen-bond donors (Lipinski definition) is 2. The van der Waals surface area contributed by atoms with Crippen molar-refractivity contribution in [3.63, 3.8) is 0 Å². The highest BCUT2D eigenvalue weighted by Crippen LogP contribution is 2.03. The lowest BCUT2D eigenvalue weighted by Crippen LogP contribution is -2.31. The molecule has 0 saturated carbocycles. The van der Waals surface area contributed by atoms with Gasteiger partial charge in [-0.1, -0.05) is 30.3 Å². The summed E-state index contributed by atoms with van der Waals surface area (Å²) in [6, 6.07) is 10.2. The quantitative estimate of drug-likeness (QED) is 0.691. The Morgan fingerprint density at radius 1 is 1.14 bits per heavy atom. The second kappa shape index (κ2) is 6.54. The maximum atomic E-state index is 8.86. The Morgan fingerprint density at radius 2 is 1.86 bits per heavy atom. The van der Waals surface area contributed by atoms with Crippen molar-refractivity contribution in [3.8, 4) is 0 Å². The molecule has 0 aliphatic rings. The summed E-state index contributed by atoms with van der Waals surface area (Å²) in [5.74, 6) is 0. The molecule has 0 spiro atoms. The van der Waals surface area contributed by atoms with Crippen LogP contribution in [0, 0.1) is 0 Å². The fraction of sp³-hybridized carbons (Fsp3) is 0.455. The van der Waals surface area contributed by atoms with Crippen molar-refractivity contribution >= 4 is 0 Å². The van der Waals surface area contributed by atoms with E-state index in [4.69, 9.17) is 10.8 Å². The van der Waals surface area contributed by atoms with Crippen LogP contribution in [-0.2, 0) is 6.54 Å². The average molecular weight is 194 g/mol. The zero-order valence-corrected chi connectivity index (χ0v) is 8.39. The van der Waals surface area contributed by atoms with E-state index in [-0.39, 0.29) is 6.61 Å². The molecule has 0 radical (unpaired) electrons. The van der Waals surface area contributed by atoms with Gasteiger partial charge in [0.2, 0.25) is 0 Å². The number of benzene rings is 1. The van der Waals surface area contributed by atoms with Crippen LogP contribution in [0.1, 0.15) is 5.56 Å². The summed E-state index contributed by atoms with van der Waals surface area (Å²) in [7, 11) is 0. The normalized spacial score (nSPS) is 10.8. The molecule has 0 saturated heterocycles. The molecule has 3 heteroatoms. The van der Waals surface area contributed by atoms with E-state index in [9.17, 15) is 0 Å². The van der Waals surface area contributed by atoms with Gasteiger partial charge in [0.15, 0.2) is 0 Å². The predicted molar refractivity (Wildman–Crippen MR) is 57.9 cm³/mol. The third kappa shape index (κ3) is 3.87. The van der Waals surface area contributed by atoms with E-state index in [0.29, 0.717) is 13.1 Å². The van der Waals surface area contributed by atoms with Crippen LogP contribution in [-0.4, -0.2) is 36.2 Å². The van der Waals surface area contributed by atoms with Crippen molar-refractivity contribution in [2.75, 3.05) is 26.2 Å². The Hall–Kier alpha value is -0.900. The summed E-state index contributed by atoms with van der Waals surface area (Å²) < 4.78 is 0. The van der Waals surface area contributed by atoms with Crippen molar-refractivity contribution in [2.24, 2.45) is 5.73 Å². The van der Waals surface area contributed by atoms with Crippen molar-refractivity contribution in [3.05, 3.63) is 35.9 Å². The average Bonchev–Trinajstić information content (AvgIpc) is 2.20. The van der Waals surface area contributed by atoms with Crippen LogP contribution in [0.3, 0.4) is 0 Å². The minimum absolute atomic E-state index is 0.187. The largest absolute Gasteiger partial charge is 0.395 e. The molecule has 78 valence electrons. The number of nitrogens with zero attached hydrogens (tertiary/aromatic N) is 1. The standard InChI is InChI=1S/C11H18N2O/c12-6-7-13(8-9-14)10-11-4-2-1-3-5-11/h1-5,14H,6-10,12H2. The SMILES string of the molecule is NCCN(CCO)Cc1ccccc1. The molecule has 0 heterocycles. The molecule has 0 aromatic heterocycles. The summed E-state index contributed by atoms with van der Waals surface area (Å²) >= 11 is 0. The fourth-order valence-corrected chi connectivity index (χ4v) is 1.44. The van der Waals surface area contributed by atoms with Crippen LogP contribution in [0.25, 0.3) is 0 Å². The summed E-state index contributed by atoms with van der Waals surface area (Å²) in [6.07, 6.45) is 0. The molecule has 3 nitrogen and oxygen atoms in total. The lowest BCUT2D eigenvalue weighted by Gasteiger charge is -2.20. The number of aliphatic hydroxyl groups excluding tert-OH is 1. The molecule has 1 aromatic carbocycles. The first-order valence-electron chi connectivity index (χ1n) is 4.94. The van der Waals surface area contributed by atoms with E-state index in [1.165, 1.54) is 5.56 Å². The van der Waals surface area contributed by atoms with Crippen LogP contribution in [0.15, 0.2) is 30.3 Å². The van der Waals surface area contributed by atoms with Gasteiger partial charge in [-0.05, 0) is 5.56 Å². The van der Waals surface area contributed by atoms with Crippen LogP contribution < -0.4 is 5.73 Å². The lowest BCUT2D eigenvalue weighted by atomic mass is 10.2. The molecule has 3 N–H and O–H groups in total. The zero-order valence-electron chi connectivity index (χ0n) is 8.39. The molecule has 0 fully saturated rings. The number of aliphatic hydroxyl groups is 1. The molecule has 0 bridgehead atoms. The van der Waals surface area contributed by atoms with Crippen molar-refractivity contribution in [1.82, 2.24) is 4.90 Å². The Bertz CT molecular complexity index is 232. The van der Waals surface area contributed by atoms with Crippen LogP contribution in [0.2, 0.25) is 0 Å². The van der Waals surface area contributed by atoms with Crippen LogP contribution in [0.5, 0.6) is 0 Å². The monoisotopic (exact) mass is 194 g/mol. The first-order valence-corrected chi connectivity index (χ1v) is 4.94. The Kier molecular flexibility index (Phi) is 5.22. The zero-order chi connectivity index (χ0) is 10.2. The molecule has 1 rings (SSSR count). The van der Waals surface area contributed by atoms with Gasteiger partial charge in [0, 0.05) is 26.2 Å². The van der Waals surface area contributed by atoms with Gasteiger partial charge in [0.25, 0.3) is 0 Å². The predicted octanol–water partition coefficient (Wildman–Crippen LogP) is 0.440. The lowest BCUT2D eigenvalue weighted by molar-refractivity contribution is 0.194. The van der Waals surface area contributed by atoms with Gasteiger partial charge >= 0.3 is 0 Å². The third-order valence-corrected chi connectivity index (χ3v) is 2.11. The molecule has 0 aliphatic carbocycles. The maximum Gasteiger partial charge on any atom is 0.0558 e. The smallest absolute Gasteiger partial charge is 0.0558 e. The minimum atomic E-state index is 0.187. The summed E-state index contributed by atoms with van der Waals surface area (Å²) in [6.45, 7) is 3.19. The van der Waals surface area contributed by atoms with Crippen LogP contribution >= 0.6 is 0 Å². The van der Waals surface area contributed by atoms with Gasteiger partial charge in [-0.3, -0.25) is 4.90 Å². The van der Waals surface area contributed by atoms with E-state index in [1.807, 2.05) is 18.2 Å². The molecule has 0 atom stereocenters. The van der Waals surface area contributed by atoms with E-state index >= 15 is 0 Å². The van der Waals surface area contributed by atoms with Crippen molar-refractivity contribution in [2.45, 2.75) is 6.54 Å². The molecule has 0 unspecified atom stereocenters. The van der Waals surface area contributed by atoms with Gasteiger partial charge in [-0.15, -0.1) is 0 Å². The fourth-order valence-electron chi connectivity index (χ4n) is 1.44. The van der Waals surface area contributed by atoms with E-state index in [1.54, 1.807) is 0 Å². The summed E-state index contributed by atoms with van der Waals surface area (Å²) in [5.41, 5.74) is 6.75. The molecular formula is C11H18N2O. The summed E-state index contributed by atoms with van der Waals surface area (Å²) in [4.78, 5) is 2.15. The second-order valence-electron chi connectivity index (χ2n) is 3.27. The van der Waals surface area contributed by atoms with Gasteiger partial charge in [-0.2, -0.15) is 0 Å². The molecule has 14 heavy (non-hydrogen) atoms. The first kappa shape index (κ1) is 11.2. The van der Waals surface area contributed by atoms with Gasteiger partial charge in [0.1, 0.15) is 0 Å². The number of rotatable bonds is 6. The van der Waals surface area contributed by atoms with Gasteiger partial charge < -0.3 is 10.8 Å². The van der Waals surface area contributed by atoms with Crippen molar-refractivity contribution in [1.29, 1.82) is 0 Å². The minimum Gasteiger partial charge on any atom is -0.395 e. The molecule has 0 aliphatic heterocycles. The van der Waals surface area contributed by atoms with E-state index in [0.717, 1.165) is 13.1 Å². The topological polar surface area (TPSA) is 49.5 Å². The highest BCUT2D eigenvalue weighted by atomic mass is 16.3. The van der Waals surface area contributed by atoms with E-state index < -0.39 is 0 Å². The number of hydrogen-bond acceptors (Lipinski definition) is 3. The highest BCUT2D eigenvalue weighted by molar-refractivity contribution is 5.14. The van der Waals surface area contributed by atoms with Gasteiger partial charge in [-0.25, -0.2) is 0 Å². The maximum absolute atomic E-state index is 8.86. The molecular weight excluding hydrogens is 176 g/mol. The second-order valence-corrected chi connectivity index (χ2v) is 3.27.